The Morgan fingerprint density at radius 3 is 2.85 bits per heavy atom. The molecule has 1 aromatic carbocycles. The van der Waals surface area contributed by atoms with E-state index < -0.39 is 0 Å². The van der Waals surface area contributed by atoms with Crippen LogP contribution in [0.4, 0.5) is 0 Å². The van der Waals surface area contributed by atoms with Gasteiger partial charge in [0, 0.05) is 29.6 Å². The highest BCUT2D eigenvalue weighted by Crippen LogP contribution is 2.26. The molecule has 1 N–H and O–H groups in total. The second kappa shape index (κ2) is 7.53. The molecule has 2 aliphatic rings. The standard InChI is InChI=1S/C20H25BrN4O/c1-14-19(12-22-25(14)18-8-4-5-15(21)11-18)20(26)23-16-9-10-24(13-16)17-6-2-3-7-17/h4-5,8,11-12,16-17H,2-3,6-7,9-10,13H2,1H3,(H,23,26). The number of hydrogen-bond acceptors (Lipinski definition) is 3. The third kappa shape index (κ3) is 3.58. The van der Waals surface area contributed by atoms with Crippen molar-refractivity contribution in [1.82, 2.24) is 20.0 Å². The summed E-state index contributed by atoms with van der Waals surface area (Å²) in [4.78, 5) is 15.3. The summed E-state index contributed by atoms with van der Waals surface area (Å²) in [6.07, 6.45) is 8.06. The Balaban J connectivity index is 1.43. The van der Waals surface area contributed by atoms with E-state index in [2.05, 4.69) is 31.2 Å². The molecular formula is C20H25BrN4O. The molecule has 2 aromatic rings. The Hall–Kier alpha value is -1.66. The van der Waals surface area contributed by atoms with Crippen molar-refractivity contribution in [2.75, 3.05) is 13.1 Å². The molecule has 1 unspecified atom stereocenters. The fourth-order valence-electron chi connectivity index (χ4n) is 4.27. The minimum absolute atomic E-state index is 0.0120. The molecule has 4 rings (SSSR count). The highest BCUT2D eigenvalue weighted by molar-refractivity contribution is 9.10. The molecule has 5 nitrogen and oxygen atoms in total. The summed E-state index contributed by atoms with van der Waals surface area (Å²) >= 11 is 3.49. The van der Waals surface area contributed by atoms with Gasteiger partial charge in [-0.2, -0.15) is 5.10 Å². The van der Waals surface area contributed by atoms with Crippen LogP contribution >= 0.6 is 15.9 Å². The summed E-state index contributed by atoms with van der Waals surface area (Å²) in [5.74, 6) is -0.0120. The number of nitrogens with zero attached hydrogens (tertiary/aromatic N) is 3. The molecule has 1 amide bonds. The van der Waals surface area contributed by atoms with E-state index in [1.54, 1.807) is 6.20 Å². The van der Waals surface area contributed by atoms with Gasteiger partial charge in [0.25, 0.3) is 5.91 Å². The molecule has 1 aromatic heterocycles. The molecule has 1 saturated carbocycles. The van der Waals surface area contributed by atoms with Crippen LogP contribution in [0, 0.1) is 6.92 Å². The van der Waals surface area contributed by atoms with Crippen LogP contribution in [0.2, 0.25) is 0 Å². The van der Waals surface area contributed by atoms with E-state index in [0.29, 0.717) is 5.56 Å². The van der Waals surface area contributed by atoms with Crippen molar-refractivity contribution in [3.8, 4) is 5.69 Å². The van der Waals surface area contributed by atoms with Crippen LogP contribution in [0.3, 0.4) is 0 Å². The van der Waals surface area contributed by atoms with Crippen molar-refractivity contribution in [3.05, 3.63) is 46.2 Å². The van der Waals surface area contributed by atoms with E-state index in [1.807, 2.05) is 35.9 Å². The van der Waals surface area contributed by atoms with Crippen molar-refractivity contribution in [2.24, 2.45) is 0 Å². The first kappa shape index (κ1) is 17.7. The van der Waals surface area contributed by atoms with Gasteiger partial charge in [0.05, 0.1) is 23.1 Å². The zero-order valence-corrected chi connectivity index (χ0v) is 16.7. The summed E-state index contributed by atoms with van der Waals surface area (Å²) in [5, 5.41) is 7.65. The predicted molar refractivity (Wildman–Crippen MR) is 106 cm³/mol. The molecule has 2 heterocycles. The molecule has 26 heavy (non-hydrogen) atoms. The van der Waals surface area contributed by atoms with Crippen LogP contribution in [0.15, 0.2) is 34.9 Å². The quantitative estimate of drug-likeness (QED) is 0.826. The SMILES string of the molecule is Cc1c(C(=O)NC2CCN(C3CCCC3)C2)cnn1-c1cccc(Br)c1. The molecule has 0 bridgehead atoms. The number of aromatic nitrogens is 2. The van der Waals surface area contributed by atoms with Crippen LogP contribution in [0.1, 0.15) is 48.2 Å². The first-order valence-corrected chi connectivity index (χ1v) is 10.3. The summed E-state index contributed by atoms with van der Waals surface area (Å²) in [5.41, 5.74) is 2.47. The minimum Gasteiger partial charge on any atom is -0.348 e. The third-order valence-corrected chi connectivity index (χ3v) is 6.20. The van der Waals surface area contributed by atoms with E-state index >= 15 is 0 Å². The van der Waals surface area contributed by atoms with E-state index in [0.717, 1.165) is 41.4 Å². The zero-order chi connectivity index (χ0) is 18.1. The van der Waals surface area contributed by atoms with Crippen molar-refractivity contribution in [1.29, 1.82) is 0 Å². The molecule has 0 spiro atoms. The van der Waals surface area contributed by atoms with Gasteiger partial charge < -0.3 is 5.32 Å². The molecular weight excluding hydrogens is 392 g/mol. The van der Waals surface area contributed by atoms with Gasteiger partial charge in [-0.1, -0.05) is 34.8 Å². The van der Waals surface area contributed by atoms with Crippen molar-refractivity contribution < 1.29 is 4.79 Å². The second-order valence-corrected chi connectivity index (χ2v) is 8.34. The van der Waals surface area contributed by atoms with Gasteiger partial charge in [-0.15, -0.1) is 0 Å². The lowest BCUT2D eigenvalue weighted by Crippen LogP contribution is -2.39. The van der Waals surface area contributed by atoms with E-state index in [9.17, 15) is 4.79 Å². The smallest absolute Gasteiger partial charge is 0.255 e. The molecule has 138 valence electrons. The van der Waals surface area contributed by atoms with Crippen molar-refractivity contribution in [3.63, 3.8) is 0 Å². The van der Waals surface area contributed by atoms with Crippen molar-refractivity contribution in [2.45, 2.75) is 51.1 Å². The molecule has 2 fully saturated rings. The number of rotatable bonds is 4. The van der Waals surface area contributed by atoms with Crippen LogP contribution in [-0.4, -0.2) is 45.8 Å². The largest absolute Gasteiger partial charge is 0.348 e. The Bertz CT molecular complexity index is 797. The van der Waals surface area contributed by atoms with E-state index in [1.165, 1.54) is 25.7 Å². The average Bonchev–Trinajstić information content (AvgIpc) is 3.34. The van der Waals surface area contributed by atoms with Gasteiger partial charge in [0.2, 0.25) is 0 Å². The summed E-state index contributed by atoms with van der Waals surface area (Å²) in [7, 11) is 0. The number of hydrogen-bond donors (Lipinski definition) is 1. The van der Waals surface area contributed by atoms with Gasteiger partial charge >= 0.3 is 0 Å². The molecule has 1 saturated heterocycles. The number of nitrogens with one attached hydrogen (secondary N) is 1. The minimum atomic E-state index is -0.0120. The Morgan fingerprint density at radius 1 is 1.27 bits per heavy atom. The Morgan fingerprint density at radius 2 is 2.08 bits per heavy atom. The normalized spacial score (nSPS) is 21.4. The molecule has 6 heteroatoms. The van der Waals surface area contributed by atoms with Gasteiger partial charge in [-0.05, 0) is 44.4 Å². The number of benzene rings is 1. The maximum atomic E-state index is 12.8. The monoisotopic (exact) mass is 416 g/mol. The van der Waals surface area contributed by atoms with Gasteiger partial charge in [0.15, 0.2) is 0 Å². The fourth-order valence-corrected chi connectivity index (χ4v) is 4.66. The first-order chi connectivity index (χ1) is 12.6. The maximum absolute atomic E-state index is 12.8. The lowest BCUT2D eigenvalue weighted by molar-refractivity contribution is 0.0935. The fraction of sp³-hybridized carbons (Fsp3) is 0.500. The van der Waals surface area contributed by atoms with Gasteiger partial charge in [-0.25, -0.2) is 4.68 Å². The number of carbonyl (C=O) groups excluding carboxylic acids is 1. The summed E-state index contributed by atoms with van der Waals surface area (Å²) in [6.45, 7) is 4.03. The van der Waals surface area contributed by atoms with Crippen LogP contribution in [-0.2, 0) is 0 Å². The topological polar surface area (TPSA) is 50.2 Å². The van der Waals surface area contributed by atoms with Crippen LogP contribution in [0.25, 0.3) is 5.69 Å². The Labute approximate surface area is 162 Å². The average molecular weight is 417 g/mol. The molecule has 1 aliphatic carbocycles. The lowest BCUT2D eigenvalue weighted by Gasteiger charge is -2.23. The van der Waals surface area contributed by atoms with E-state index in [-0.39, 0.29) is 11.9 Å². The molecule has 0 radical (unpaired) electrons. The molecule has 1 atom stereocenters. The maximum Gasteiger partial charge on any atom is 0.255 e. The van der Waals surface area contributed by atoms with Crippen LogP contribution < -0.4 is 5.32 Å². The summed E-state index contributed by atoms with van der Waals surface area (Å²) < 4.78 is 2.81. The Kier molecular flexibility index (Phi) is 5.14. The number of likely N-dealkylation sites (tertiary alicyclic amines) is 1. The van der Waals surface area contributed by atoms with E-state index in [4.69, 9.17) is 0 Å². The van der Waals surface area contributed by atoms with Crippen molar-refractivity contribution >= 4 is 21.8 Å². The molecule has 1 aliphatic heterocycles. The van der Waals surface area contributed by atoms with Gasteiger partial charge in [-0.3, -0.25) is 9.69 Å². The zero-order valence-electron chi connectivity index (χ0n) is 15.1. The third-order valence-electron chi connectivity index (χ3n) is 5.70. The van der Waals surface area contributed by atoms with Gasteiger partial charge in [0.1, 0.15) is 0 Å². The highest BCUT2D eigenvalue weighted by atomic mass is 79.9. The highest BCUT2D eigenvalue weighted by Gasteiger charge is 2.31. The first-order valence-electron chi connectivity index (χ1n) is 9.47. The summed E-state index contributed by atoms with van der Waals surface area (Å²) in [6, 6.07) is 8.92. The predicted octanol–water partition coefficient (Wildman–Crippen LogP) is 3.69. The van der Waals surface area contributed by atoms with Crippen LogP contribution in [0.5, 0.6) is 0 Å². The second-order valence-electron chi connectivity index (χ2n) is 7.43. The lowest BCUT2D eigenvalue weighted by atomic mass is 10.2. The number of amides is 1. The number of halogens is 1. The number of carbonyl (C=O) groups is 1.